The molecule has 1 aliphatic heterocycles. The van der Waals surface area contributed by atoms with E-state index in [4.69, 9.17) is 0 Å². The normalized spacial score (nSPS) is 16.2. The van der Waals surface area contributed by atoms with Gasteiger partial charge in [0, 0.05) is 26.0 Å². The van der Waals surface area contributed by atoms with Crippen LogP contribution in [0.5, 0.6) is 0 Å². The SMILES string of the molecule is C/N=C(C1=Cc2nc(C)nn2C=CC1)\C(C)=C(/C)NC. The second-order valence-electron chi connectivity index (χ2n) is 4.79. The van der Waals surface area contributed by atoms with E-state index in [1.807, 2.05) is 27.2 Å². The lowest BCUT2D eigenvalue weighted by atomic mass is 9.99. The smallest absolute Gasteiger partial charge is 0.155 e. The number of hydrogen-bond acceptors (Lipinski definition) is 4. The molecule has 106 valence electrons. The van der Waals surface area contributed by atoms with Crippen molar-refractivity contribution in [3.05, 3.63) is 34.6 Å². The number of aromatic nitrogens is 3. The van der Waals surface area contributed by atoms with Crippen LogP contribution in [0.1, 0.15) is 31.9 Å². The van der Waals surface area contributed by atoms with Gasteiger partial charge >= 0.3 is 0 Å². The highest BCUT2D eigenvalue weighted by atomic mass is 15.3. The van der Waals surface area contributed by atoms with Crippen molar-refractivity contribution in [2.24, 2.45) is 4.99 Å². The zero-order valence-corrected chi connectivity index (χ0v) is 12.7. The summed E-state index contributed by atoms with van der Waals surface area (Å²) in [6.45, 7) is 6.04. The van der Waals surface area contributed by atoms with Gasteiger partial charge in [-0.1, -0.05) is 6.08 Å². The number of hydrogen-bond donors (Lipinski definition) is 1. The van der Waals surface area contributed by atoms with Gasteiger partial charge in [-0.05, 0) is 44.4 Å². The fourth-order valence-electron chi connectivity index (χ4n) is 2.23. The van der Waals surface area contributed by atoms with Crippen molar-refractivity contribution < 1.29 is 0 Å². The van der Waals surface area contributed by atoms with Crippen LogP contribution in [0.25, 0.3) is 12.3 Å². The molecule has 0 spiro atoms. The molecule has 0 unspecified atom stereocenters. The van der Waals surface area contributed by atoms with Crippen LogP contribution in [0.3, 0.4) is 0 Å². The van der Waals surface area contributed by atoms with E-state index in [0.29, 0.717) is 0 Å². The van der Waals surface area contributed by atoms with E-state index in [9.17, 15) is 0 Å². The predicted octanol–water partition coefficient (Wildman–Crippen LogP) is 2.43. The number of rotatable bonds is 3. The quantitative estimate of drug-likeness (QED) is 0.859. The monoisotopic (exact) mass is 271 g/mol. The molecule has 0 amide bonds. The number of nitrogens with one attached hydrogen (secondary N) is 1. The lowest BCUT2D eigenvalue weighted by Crippen LogP contribution is -2.12. The highest BCUT2D eigenvalue weighted by molar-refractivity contribution is 6.14. The Labute approximate surface area is 119 Å². The van der Waals surface area contributed by atoms with E-state index in [-0.39, 0.29) is 0 Å². The first-order chi connectivity index (χ1) is 9.56. The molecule has 0 saturated carbocycles. The fourth-order valence-corrected chi connectivity index (χ4v) is 2.23. The molecule has 1 aromatic heterocycles. The van der Waals surface area contributed by atoms with Crippen molar-refractivity contribution >= 4 is 18.0 Å². The van der Waals surface area contributed by atoms with Gasteiger partial charge in [0.25, 0.3) is 0 Å². The van der Waals surface area contributed by atoms with E-state index >= 15 is 0 Å². The first-order valence-corrected chi connectivity index (χ1v) is 6.70. The van der Waals surface area contributed by atoms with Crippen molar-refractivity contribution in [3.63, 3.8) is 0 Å². The third-order valence-electron chi connectivity index (χ3n) is 3.47. The van der Waals surface area contributed by atoms with Gasteiger partial charge in [-0.15, -0.1) is 0 Å². The molecule has 1 aliphatic rings. The van der Waals surface area contributed by atoms with E-state index in [0.717, 1.165) is 40.6 Å². The maximum Gasteiger partial charge on any atom is 0.155 e. The number of aliphatic imine (C=N–C) groups is 1. The highest BCUT2D eigenvalue weighted by Gasteiger charge is 2.14. The minimum absolute atomic E-state index is 0.774. The van der Waals surface area contributed by atoms with Crippen molar-refractivity contribution in [3.8, 4) is 0 Å². The zero-order valence-electron chi connectivity index (χ0n) is 12.7. The second-order valence-corrected chi connectivity index (χ2v) is 4.79. The molecule has 2 heterocycles. The average molecular weight is 271 g/mol. The van der Waals surface area contributed by atoms with Crippen molar-refractivity contribution in [1.82, 2.24) is 20.1 Å². The summed E-state index contributed by atoms with van der Waals surface area (Å²) < 4.78 is 1.81. The van der Waals surface area contributed by atoms with Crippen LogP contribution in [0.4, 0.5) is 0 Å². The number of allylic oxidation sites excluding steroid dienone is 4. The molecule has 0 saturated heterocycles. The Morgan fingerprint density at radius 1 is 1.40 bits per heavy atom. The molecule has 0 fully saturated rings. The van der Waals surface area contributed by atoms with Crippen LogP contribution < -0.4 is 5.32 Å². The summed E-state index contributed by atoms with van der Waals surface area (Å²) >= 11 is 0. The number of nitrogens with zero attached hydrogens (tertiary/aromatic N) is 4. The van der Waals surface area contributed by atoms with E-state index in [1.54, 1.807) is 4.68 Å². The molecule has 5 nitrogen and oxygen atoms in total. The summed E-state index contributed by atoms with van der Waals surface area (Å²) in [6.07, 6.45) is 6.93. The maximum absolute atomic E-state index is 4.46. The number of fused-ring (bicyclic) bond motifs is 1. The molecule has 20 heavy (non-hydrogen) atoms. The molecule has 1 N–H and O–H groups in total. The van der Waals surface area contributed by atoms with Gasteiger partial charge in [-0.2, -0.15) is 5.10 Å². The minimum Gasteiger partial charge on any atom is -0.391 e. The first-order valence-electron chi connectivity index (χ1n) is 6.70. The van der Waals surface area contributed by atoms with Gasteiger partial charge in [0.2, 0.25) is 0 Å². The maximum atomic E-state index is 4.46. The molecule has 0 atom stereocenters. The highest BCUT2D eigenvalue weighted by Crippen LogP contribution is 2.20. The molecule has 0 bridgehead atoms. The van der Waals surface area contributed by atoms with E-state index < -0.39 is 0 Å². The summed E-state index contributed by atoms with van der Waals surface area (Å²) in [7, 11) is 3.75. The average Bonchev–Trinajstić information content (AvgIpc) is 2.67. The van der Waals surface area contributed by atoms with E-state index in [1.165, 1.54) is 0 Å². The van der Waals surface area contributed by atoms with Gasteiger partial charge in [0.1, 0.15) is 5.82 Å². The number of aryl methyl sites for hydroxylation is 1. The molecule has 0 aliphatic carbocycles. The lowest BCUT2D eigenvalue weighted by molar-refractivity contribution is 0.903. The predicted molar refractivity (Wildman–Crippen MR) is 83.5 cm³/mol. The Morgan fingerprint density at radius 3 is 2.80 bits per heavy atom. The van der Waals surface area contributed by atoms with Crippen LogP contribution in [-0.2, 0) is 0 Å². The van der Waals surface area contributed by atoms with Crippen LogP contribution >= 0.6 is 0 Å². The Hall–Kier alpha value is -2.17. The van der Waals surface area contributed by atoms with Crippen LogP contribution in [-0.4, -0.2) is 34.6 Å². The third kappa shape index (κ3) is 2.71. The molecule has 1 aromatic rings. The molecule has 2 rings (SSSR count). The molecule has 5 heteroatoms. The standard InChI is InChI=1S/C15H21N5/c1-10(11(2)16-4)15(17-5)13-7-6-8-20-14(9-13)18-12(3)19-20/h6,8-9,16H,7H2,1-5H3/b11-10+,17-15+. The van der Waals surface area contributed by atoms with Crippen LogP contribution in [0.15, 0.2) is 27.9 Å². The van der Waals surface area contributed by atoms with Crippen molar-refractivity contribution in [2.45, 2.75) is 27.2 Å². The summed E-state index contributed by atoms with van der Waals surface area (Å²) in [4.78, 5) is 8.90. The molecular weight excluding hydrogens is 250 g/mol. The summed E-state index contributed by atoms with van der Waals surface area (Å²) in [5.41, 5.74) is 4.44. The zero-order chi connectivity index (χ0) is 14.7. The Morgan fingerprint density at radius 2 is 2.15 bits per heavy atom. The Balaban J connectivity index is 2.47. The minimum atomic E-state index is 0.774. The first kappa shape index (κ1) is 14.2. The van der Waals surface area contributed by atoms with Crippen LogP contribution in [0, 0.1) is 6.92 Å². The molecule has 0 aromatic carbocycles. The van der Waals surface area contributed by atoms with Gasteiger partial charge < -0.3 is 5.32 Å². The summed E-state index contributed by atoms with van der Waals surface area (Å²) in [5, 5.41) is 7.51. The van der Waals surface area contributed by atoms with E-state index in [2.05, 4.69) is 46.4 Å². The van der Waals surface area contributed by atoms with Gasteiger partial charge in [-0.25, -0.2) is 9.67 Å². The molecule has 0 radical (unpaired) electrons. The van der Waals surface area contributed by atoms with Crippen molar-refractivity contribution in [1.29, 1.82) is 0 Å². The van der Waals surface area contributed by atoms with Gasteiger partial charge in [-0.3, -0.25) is 4.99 Å². The topological polar surface area (TPSA) is 55.1 Å². The van der Waals surface area contributed by atoms with Crippen LogP contribution in [0.2, 0.25) is 0 Å². The second kappa shape index (κ2) is 5.86. The largest absolute Gasteiger partial charge is 0.391 e. The fraction of sp³-hybridized carbons (Fsp3) is 0.400. The third-order valence-corrected chi connectivity index (χ3v) is 3.47. The Bertz CT molecular complexity index is 629. The summed E-state index contributed by atoms with van der Waals surface area (Å²) in [5.74, 6) is 1.62. The van der Waals surface area contributed by atoms with Crippen molar-refractivity contribution in [2.75, 3.05) is 14.1 Å². The summed E-state index contributed by atoms with van der Waals surface area (Å²) in [6, 6.07) is 0. The lowest BCUT2D eigenvalue weighted by Gasteiger charge is -2.12. The molecular formula is C15H21N5. The van der Waals surface area contributed by atoms with Gasteiger partial charge in [0.15, 0.2) is 5.82 Å². The Kier molecular flexibility index (Phi) is 4.17. The van der Waals surface area contributed by atoms with Gasteiger partial charge in [0.05, 0.1) is 5.71 Å².